The summed E-state index contributed by atoms with van der Waals surface area (Å²) in [6, 6.07) is 0. The van der Waals surface area contributed by atoms with Crippen molar-refractivity contribution in [1.29, 1.82) is 0 Å². The Bertz CT molecular complexity index is 239. The fraction of sp³-hybridized carbons (Fsp3) is 1.00. The summed E-state index contributed by atoms with van der Waals surface area (Å²) in [4.78, 5) is 0. The average molecular weight is 236 g/mol. The van der Waals surface area contributed by atoms with Crippen LogP contribution in [-0.2, 0) is 0 Å². The maximum absolute atomic E-state index is 3.64. The molecule has 4 aliphatic carbocycles. The lowest BCUT2D eigenvalue weighted by Crippen LogP contribution is -2.50. The van der Waals surface area contributed by atoms with Gasteiger partial charge in [0.05, 0.1) is 0 Å². The minimum Gasteiger partial charge on any atom is -0.344 e. The monoisotopic (exact) mass is 236 g/mol. The number of rotatable bonds is 1. The van der Waals surface area contributed by atoms with E-state index in [-0.39, 0.29) is 6.15 Å². The molecular weight excluding hydrogens is 208 g/mol. The molecule has 4 N–H and O–H groups in total. The van der Waals surface area contributed by atoms with Crippen molar-refractivity contribution < 1.29 is 0 Å². The Hall–Kier alpha value is -0.0800. The van der Waals surface area contributed by atoms with E-state index in [0.29, 0.717) is 0 Å². The molecule has 0 radical (unpaired) electrons. The first kappa shape index (κ1) is 12.0. The first-order chi connectivity index (χ1) is 7.90. The van der Waals surface area contributed by atoms with E-state index in [9.17, 15) is 0 Å². The average Bonchev–Trinajstić information content (AvgIpc) is 2.29. The van der Waals surface area contributed by atoms with Gasteiger partial charge in [-0.15, -0.1) is 0 Å². The van der Waals surface area contributed by atoms with Gasteiger partial charge in [0.2, 0.25) is 0 Å². The topological polar surface area (TPSA) is 47.0 Å². The van der Waals surface area contributed by atoms with Gasteiger partial charge in [-0.25, -0.2) is 0 Å². The van der Waals surface area contributed by atoms with E-state index >= 15 is 0 Å². The number of hydrogen-bond acceptors (Lipinski definition) is 2. The zero-order valence-corrected chi connectivity index (χ0v) is 11.0. The van der Waals surface area contributed by atoms with E-state index in [4.69, 9.17) is 0 Å². The molecule has 98 valence electrons. The van der Waals surface area contributed by atoms with Gasteiger partial charge in [0.15, 0.2) is 0 Å². The second-order valence-electron chi connectivity index (χ2n) is 7.11. The van der Waals surface area contributed by atoms with Gasteiger partial charge in [-0.05, 0) is 93.5 Å². The van der Waals surface area contributed by atoms with Crippen molar-refractivity contribution in [2.75, 3.05) is 13.1 Å². The lowest BCUT2D eigenvalue weighted by Gasteiger charge is -2.57. The van der Waals surface area contributed by atoms with E-state index in [1.54, 1.807) is 32.1 Å². The Morgan fingerprint density at radius 3 is 1.94 bits per heavy atom. The Balaban J connectivity index is 0.000000902. The predicted octanol–water partition coefficient (Wildman–Crippen LogP) is 3.22. The van der Waals surface area contributed by atoms with E-state index in [2.05, 4.69) is 5.32 Å². The number of piperidine rings is 1. The summed E-state index contributed by atoms with van der Waals surface area (Å²) in [6.45, 7) is 2.62. The second kappa shape index (κ2) is 4.55. The largest absolute Gasteiger partial charge is 0.344 e. The third-order valence-corrected chi connectivity index (χ3v) is 6.18. The van der Waals surface area contributed by atoms with Crippen molar-refractivity contribution >= 4 is 0 Å². The van der Waals surface area contributed by atoms with Gasteiger partial charge in [0.1, 0.15) is 0 Å². The van der Waals surface area contributed by atoms with Crippen molar-refractivity contribution in [3.05, 3.63) is 0 Å². The lowest BCUT2D eigenvalue weighted by molar-refractivity contribution is -0.0652. The smallest absolute Gasteiger partial charge is 0.00177 e. The third-order valence-electron chi connectivity index (χ3n) is 6.18. The van der Waals surface area contributed by atoms with Crippen LogP contribution < -0.4 is 11.5 Å². The zero-order chi connectivity index (χ0) is 10.5. The van der Waals surface area contributed by atoms with Crippen LogP contribution >= 0.6 is 0 Å². The maximum Gasteiger partial charge on any atom is -0.00177 e. The highest BCUT2D eigenvalue weighted by Gasteiger charge is 2.50. The molecule has 1 heterocycles. The second-order valence-corrected chi connectivity index (χ2v) is 7.11. The van der Waals surface area contributed by atoms with Crippen LogP contribution in [0.4, 0.5) is 0 Å². The Kier molecular flexibility index (Phi) is 3.20. The lowest BCUT2D eigenvalue weighted by atomic mass is 9.49. The Morgan fingerprint density at radius 1 is 0.765 bits per heavy atom. The van der Waals surface area contributed by atoms with Gasteiger partial charge in [0.25, 0.3) is 0 Å². The quantitative estimate of drug-likeness (QED) is 0.734. The SMILES string of the molecule is C1CNCC(C2C3CC4CC(C3)CC2C4)C1.N. The standard InChI is InChI=1S/C15H25N.H3N/c1-2-12(9-16-3-1)15-13-5-10-4-11(7-13)8-14(15)6-10;/h10-16H,1-9H2;1H3. The molecule has 1 unspecified atom stereocenters. The van der Waals surface area contributed by atoms with Crippen LogP contribution in [0.1, 0.15) is 44.9 Å². The van der Waals surface area contributed by atoms with Crippen LogP contribution in [0, 0.1) is 35.5 Å². The van der Waals surface area contributed by atoms with Crippen molar-refractivity contribution in [1.82, 2.24) is 11.5 Å². The highest BCUT2D eigenvalue weighted by molar-refractivity contribution is 5.00. The molecule has 0 amide bonds. The van der Waals surface area contributed by atoms with Gasteiger partial charge in [-0.1, -0.05) is 0 Å². The van der Waals surface area contributed by atoms with E-state index in [1.165, 1.54) is 25.9 Å². The molecule has 1 atom stereocenters. The number of hydrogen-bond donors (Lipinski definition) is 2. The summed E-state index contributed by atoms with van der Waals surface area (Å²) in [6.07, 6.45) is 11.0. The molecule has 5 aliphatic rings. The van der Waals surface area contributed by atoms with Crippen molar-refractivity contribution in [3.63, 3.8) is 0 Å². The molecule has 1 saturated heterocycles. The summed E-state index contributed by atoms with van der Waals surface area (Å²) >= 11 is 0. The van der Waals surface area contributed by atoms with Crippen LogP contribution in [0.25, 0.3) is 0 Å². The molecule has 5 fully saturated rings. The molecule has 2 heteroatoms. The first-order valence-electron chi connectivity index (χ1n) is 7.61. The summed E-state index contributed by atoms with van der Waals surface area (Å²) < 4.78 is 0. The zero-order valence-electron chi connectivity index (χ0n) is 11.0. The van der Waals surface area contributed by atoms with Crippen LogP contribution in [0.3, 0.4) is 0 Å². The molecule has 5 rings (SSSR count). The fourth-order valence-electron chi connectivity index (χ4n) is 5.94. The van der Waals surface area contributed by atoms with Gasteiger partial charge < -0.3 is 11.5 Å². The number of nitrogens with one attached hydrogen (secondary N) is 1. The van der Waals surface area contributed by atoms with Crippen molar-refractivity contribution in [2.45, 2.75) is 44.9 Å². The van der Waals surface area contributed by atoms with Crippen LogP contribution in [0.5, 0.6) is 0 Å². The minimum absolute atomic E-state index is 0. The summed E-state index contributed by atoms with van der Waals surface area (Å²) in [5.41, 5.74) is 0. The minimum atomic E-state index is 0. The fourth-order valence-corrected chi connectivity index (χ4v) is 5.94. The van der Waals surface area contributed by atoms with Crippen LogP contribution in [-0.4, -0.2) is 13.1 Å². The maximum atomic E-state index is 3.64. The van der Waals surface area contributed by atoms with E-state index in [1.807, 2.05) is 0 Å². The summed E-state index contributed by atoms with van der Waals surface area (Å²) in [5, 5.41) is 3.64. The van der Waals surface area contributed by atoms with E-state index < -0.39 is 0 Å². The van der Waals surface area contributed by atoms with Crippen molar-refractivity contribution in [2.24, 2.45) is 35.5 Å². The summed E-state index contributed by atoms with van der Waals surface area (Å²) in [7, 11) is 0. The molecule has 0 aromatic heterocycles. The molecule has 0 aromatic rings. The molecule has 1 aliphatic heterocycles. The Morgan fingerprint density at radius 2 is 1.41 bits per heavy atom. The molecule has 4 bridgehead atoms. The third kappa shape index (κ3) is 1.94. The van der Waals surface area contributed by atoms with Crippen LogP contribution in [0.15, 0.2) is 0 Å². The van der Waals surface area contributed by atoms with Crippen molar-refractivity contribution in [3.8, 4) is 0 Å². The van der Waals surface area contributed by atoms with Gasteiger partial charge in [-0.3, -0.25) is 0 Å². The molecule has 4 saturated carbocycles. The normalized spacial score (nSPS) is 52.2. The predicted molar refractivity (Wildman–Crippen MR) is 71.2 cm³/mol. The highest BCUT2D eigenvalue weighted by atomic mass is 14.9. The van der Waals surface area contributed by atoms with Gasteiger partial charge in [0, 0.05) is 0 Å². The highest BCUT2D eigenvalue weighted by Crippen LogP contribution is 2.58. The molecular formula is C15H28N2. The van der Waals surface area contributed by atoms with E-state index in [0.717, 1.165) is 35.5 Å². The van der Waals surface area contributed by atoms with Crippen LogP contribution in [0.2, 0.25) is 0 Å². The molecule has 2 nitrogen and oxygen atoms in total. The summed E-state index contributed by atoms with van der Waals surface area (Å²) in [5.74, 6) is 6.75. The van der Waals surface area contributed by atoms with Gasteiger partial charge in [-0.2, -0.15) is 0 Å². The molecule has 17 heavy (non-hydrogen) atoms. The molecule has 0 aromatic carbocycles. The Labute approximate surface area is 106 Å². The molecule has 0 spiro atoms. The van der Waals surface area contributed by atoms with Gasteiger partial charge >= 0.3 is 0 Å². The first-order valence-corrected chi connectivity index (χ1v) is 7.61.